The van der Waals surface area contributed by atoms with Crippen LogP contribution in [0.15, 0.2) is 30.3 Å². The van der Waals surface area contributed by atoms with E-state index in [9.17, 15) is 14.0 Å². The topological polar surface area (TPSA) is 74.6 Å². The Hall–Kier alpha value is -1.91. The van der Waals surface area contributed by atoms with E-state index in [4.69, 9.17) is 10.2 Å². The summed E-state index contributed by atoms with van der Waals surface area (Å²) in [4.78, 5) is 19.3. The highest BCUT2D eigenvalue weighted by Gasteiger charge is 2.00. The molecule has 0 atom stereocenters. The summed E-state index contributed by atoms with van der Waals surface area (Å²) < 4.78 is 11.9. The van der Waals surface area contributed by atoms with Crippen molar-refractivity contribution in [3.8, 4) is 0 Å². The molecule has 1 rings (SSSR count). The number of hydrogen-bond acceptors (Lipinski definition) is 2. The lowest BCUT2D eigenvalue weighted by Gasteiger charge is -1.85. The van der Waals surface area contributed by atoms with Crippen molar-refractivity contribution in [1.29, 1.82) is 0 Å². The summed E-state index contributed by atoms with van der Waals surface area (Å²) in [5.74, 6) is -2.33. The van der Waals surface area contributed by atoms with Crippen LogP contribution in [0.5, 0.6) is 0 Å². The quantitative estimate of drug-likeness (QED) is 0.836. The molecule has 0 radical (unpaired) electrons. The van der Waals surface area contributed by atoms with Gasteiger partial charge in [-0.15, -0.1) is 0 Å². The minimum Gasteiger partial charge on any atom is -0.481 e. The van der Waals surface area contributed by atoms with Gasteiger partial charge in [0.25, 0.3) is 0 Å². The molecule has 0 aliphatic carbocycles. The van der Waals surface area contributed by atoms with Crippen LogP contribution in [0.4, 0.5) is 4.39 Å². The second-order valence-electron chi connectivity index (χ2n) is 2.58. The monoisotopic (exact) mass is 230 g/mol. The summed E-state index contributed by atoms with van der Waals surface area (Å²) in [5, 5.41) is 15.8. The SMILES string of the molecule is C.Fc1ccccc1.O=C(O)CCC(=O)O. The predicted octanol–water partition coefficient (Wildman–Crippen LogP) is 2.40. The number of rotatable bonds is 3. The number of carboxylic acid groups (broad SMARTS) is 2. The molecule has 0 fully saturated rings. The minimum absolute atomic E-state index is 0. The van der Waals surface area contributed by atoms with Crippen LogP contribution in [-0.4, -0.2) is 22.2 Å². The van der Waals surface area contributed by atoms with E-state index in [1.165, 1.54) is 12.1 Å². The standard InChI is InChI=1S/C6H5F.C4H6O4.CH4/c7-6-4-2-1-3-5-6;5-3(6)1-2-4(7)8;/h1-5H;1-2H2,(H,5,6)(H,7,8);1H4. The fourth-order valence-electron chi connectivity index (χ4n) is 0.629. The molecular formula is C11H15FO4. The molecule has 5 heteroatoms. The highest BCUT2D eigenvalue weighted by atomic mass is 19.1. The third kappa shape index (κ3) is 12.1. The van der Waals surface area contributed by atoms with Crippen molar-refractivity contribution < 1.29 is 24.2 Å². The summed E-state index contributed by atoms with van der Waals surface area (Å²) in [6.07, 6.45) is -0.593. The first kappa shape index (κ1) is 16.5. The molecule has 0 saturated heterocycles. The van der Waals surface area contributed by atoms with Crippen LogP contribution in [0.1, 0.15) is 20.3 Å². The molecule has 1 aromatic rings. The highest BCUT2D eigenvalue weighted by molar-refractivity contribution is 5.75. The van der Waals surface area contributed by atoms with Gasteiger partial charge >= 0.3 is 11.9 Å². The third-order valence-electron chi connectivity index (χ3n) is 1.29. The van der Waals surface area contributed by atoms with E-state index in [1.807, 2.05) is 0 Å². The van der Waals surface area contributed by atoms with Crippen molar-refractivity contribution in [2.45, 2.75) is 20.3 Å². The van der Waals surface area contributed by atoms with Gasteiger partial charge in [-0.25, -0.2) is 4.39 Å². The second kappa shape index (κ2) is 9.64. The normalized spacial score (nSPS) is 8.06. The average molecular weight is 230 g/mol. The molecule has 0 aliphatic rings. The van der Waals surface area contributed by atoms with Crippen molar-refractivity contribution in [1.82, 2.24) is 0 Å². The fraction of sp³-hybridized carbons (Fsp3) is 0.273. The molecule has 0 bridgehead atoms. The van der Waals surface area contributed by atoms with E-state index < -0.39 is 11.9 Å². The molecule has 0 heterocycles. The molecule has 0 saturated carbocycles. The number of carbonyl (C=O) groups is 2. The maximum atomic E-state index is 11.9. The minimum atomic E-state index is -1.08. The lowest BCUT2D eigenvalue weighted by Crippen LogP contribution is -2.00. The van der Waals surface area contributed by atoms with Crippen LogP contribution in [0.2, 0.25) is 0 Å². The van der Waals surface area contributed by atoms with Gasteiger partial charge in [-0.1, -0.05) is 25.6 Å². The first-order chi connectivity index (χ1) is 7.02. The van der Waals surface area contributed by atoms with E-state index >= 15 is 0 Å². The van der Waals surface area contributed by atoms with E-state index in [1.54, 1.807) is 18.2 Å². The van der Waals surface area contributed by atoms with E-state index in [0.717, 1.165) is 0 Å². The van der Waals surface area contributed by atoms with Crippen LogP contribution < -0.4 is 0 Å². The fourth-order valence-corrected chi connectivity index (χ4v) is 0.629. The maximum Gasteiger partial charge on any atom is 0.303 e. The Morgan fingerprint density at radius 3 is 1.56 bits per heavy atom. The molecular weight excluding hydrogens is 215 g/mol. The predicted molar refractivity (Wildman–Crippen MR) is 57.6 cm³/mol. The summed E-state index contributed by atoms with van der Waals surface area (Å²) in [6.45, 7) is 0. The molecule has 0 amide bonds. The summed E-state index contributed by atoms with van der Waals surface area (Å²) in [6, 6.07) is 7.94. The van der Waals surface area contributed by atoms with Gasteiger partial charge in [0.2, 0.25) is 0 Å². The van der Waals surface area contributed by atoms with Gasteiger partial charge in [-0.05, 0) is 12.1 Å². The Balaban J connectivity index is 0. The zero-order valence-electron chi connectivity index (χ0n) is 7.89. The summed E-state index contributed by atoms with van der Waals surface area (Å²) in [5.41, 5.74) is 0. The lowest BCUT2D eigenvalue weighted by atomic mass is 10.3. The molecule has 0 aromatic heterocycles. The Bertz CT molecular complexity index is 297. The van der Waals surface area contributed by atoms with Crippen LogP contribution in [0.25, 0.3) is 0 Å². The van der Waals surface area contributed by atoms with E-state index in [-0.39, 0.29) is 26.1 Å². The third-order valence-corrected chi connectivity index (χ3v) is 1.29. The van der Waals surface area contributed by atoms with Gasteiger partial charge in [-0.2, -0.15) is 0 Å². The van der Waals surface area contributed by atoms with Gasteiger partial charge in [-0.3, -0.25) is 9.59 Å². The molecule has 2 N–H and O–H groups in total. The zero-order valence-corrected chi connectivity index (χ0v) is 7.89. The summed E-state index contributed by atoms with van der Waals surface area (Å²) in [7, 11) is 0. The molecule has 0 spiro atoms. The molecule has 0 aliphatic heterocycles. The highest BCUT2D eigenvalue weighted by Crippen LogP contribution is 1.91. The van der Waals surface area contributed by atoms with Crippen molar-refractivity contribution >= 4 is 11.9 Å². The van der Waals surface area contributed by atoms with Crippen LogP contribution >= 0.6 is 0 Å². The number of halogens is 1. The van der Waals surface area contributed by atoms with Crippen LogP contribution in [0, 0.1) is 5.82 Å². The molecule has 4 nitrogen and oxygen atoms in total. The Kier molecular flexibility index (Phi) is 9.95. The first-order valence-electron chi connectivity index (χ1n) is 4.16. The maximum absolute atomic E-state index is 11.9. The Morgan fingerprint density at radius 2 is 1.38 bits per heavy atom. The number of carboxylic acids is 2. The number of aliphatic carboxylic acids is 2. The van der Waals surface area contributed by atoms with Crippen molar-refractivity contribution in [3.05, 3.63) is 36.1 Å². The summed E-state index contributed by atoms with van der Waals surface area (Å²) >= 11 is 0. The van der Waals surface area contributed by atoms with E-state index in [2.05, 4.69) is 0 Å². The molecule has 1 aromatic carbocycles. The number of benzene rings is 1. The average Bonchev–Trinajstić information content (AvgIpc) is 2.17. The Labute approximate surface area is 93.3 Å². The van der Waals surface area contributed by atoms with Gasteiger partial charge in [0, 0.05) is 0 Å². The molecule has 0 unspecified atom stereocenters. The van der Waals surface area contributed by atoms with Gasteiger partial charge in [0.05, 0.1) is 12.8 Å². The smallest absolute Gasteiger partial charge is 0.303 e. The van der Waals surface area contributed by atoms with Gasteiger partial charge < -0.3 is 10.2 Å². The van der Waals surface area contributed by atoms with Crippen LogP contribution in [0.3, 0.4) is 0 Å². The lowest BCUT2D eigenvalue weighted by molar-refractivity contribution is -0.143. The second-order valence-corrected chi connectivity index (χ2v) is 2.58. The Morgan fingerprint density at radius 1 is 1.00 bits per heavy atom. The largest absolute Gasteiger partial charge is 0.481 e. The van der Waals surface area contributed by atoms with Crippen molar-refractivity contribution in [2.75, 3.05) is 0 Å². The van der Waals surface area contributed by atoms with E-state index in [0.29, 0.717) is 0 Å². The van der Waals surface area contributed by atoms with Crippen molar-refractivity contribution in [2.24, 2.45) is 0 Å². The molecule has 16 heavy (non-hydrogen) atoms. The zero-order chi connectivity index (χ0) is 11.7. The van der Waals surface area contributed by atoms with Gasteiger partial charge in [0.15, 0.2) is 0 Å². The van der Waals surface area contributed by atoms with Gasteiger partial charge in [0.1, 0.15) is 5.82 Å². The number of hydrogen-bond donors (Lipinski definition) is 2. The van der Waals surface area contributed by atoms with Crippen LogP contribution in [-0.2, 0) is 9.59 Å². The first-order valence-corrected chi connectivity index (χ1v) is 4.16. The molecule has 90 valence electrons. The van der Waals surface area contributed by atoms with Crippen molar-refractivity contribution in [3.63, 3.8) is 0 Å².